The molecule has 10 N–H and O–H groups in total. The number of carbonyl (C=O) groups excluding carboxylic acids is 3. The molecule has 0 heterocycles. The Labute approximate surface area is 252 Å². The molecule has 2 aliphatic carbocycles. The first kappa shape index (κ1) is 33.6. The van der Waals surface area contributed by atoms with Crippen LogP contribution < -0.4 is 21.3 Å². The van der Waals surface area contributed by atoms with Crippen molar-refractivity contribution >= 4 is 35.0 Å². The van der Waals surface area contributed by atoms with Gasteiger partial charge in [0, 0.05) is 37.2 Å². The van der Waals surface area contributed by atoms with Crippen molar-refractivity contribution < 1.29 is 54.4 Å². The predicted molar refractivity (Wildman–Crippen MR) is 158 cm³/mol. The predicted octanol–water partition coefficient (Wildman–Crippen LogP) is -0.621. The third-order valence-electron chi connectivity index (χ3n) is 7.21. The van der Waals surface area contributed by atoms with E-state index in [4.69, 9.17) is 5.73 Å². The largest absolute Gasteiger partial charge is 0.507 e. The first-order valence-corrected chi connectivity index (χ1v) is 13.4. The molecule has 15 nitrogen and oxygen atoms in total. The molecular formula is C29H38N5O10+. The van der Waals surface area contributed by atoms with Crippen molar-refractivity contribution in [2.75, 3.05) is 39.6 Å². The molecule has 0 aliphatic heterocycles. The summed E-state index contributed by atoms with van der Waals surface area (Å²) in [6.07, 6.45) is -1.11. The molecule has 0 radical (unpaired) electrons. The van der Waals surface area contributed by atoms with Crippen LogP contribution >= 0.6 is 0 Å². The molecule has 44 heavy (non-hydrogen) atoms. The first-order valence-electron chi connectivity index (χ1n) is 13.4. The maximum atomic E-state index is 13.6. The number of hydrogen-bond acceptors (Lipinski definition) is 11. The summed E-state index contributed by atoms with van der Waals surface area (Å²) in [5.74, 6) is -9.81. The number of carbonyl (C=O) groups is 4. The van der Waals surface area contributed by atoms with E-state index in [0.29, 0.717) is 0 Å². The van der Waals surface area contributed by atoms with Crippen LogP contribution in [0.5, 0.6) is 17.2 Å². The van der Waals surface area contributed by atoms with E-state index in [9.17, 15) is 49.8 Å². The fourth-order valence-corrected chi connectivity index (χ4v) is 5.22. The van der Waals surface area contributed by atoms with Gasteiger partial charge in [-0.25, -0.2) is 9.37 Å². The lowest BCUT2D eigenvalue weighted by Crippen LogP contribution is -2.46. The molecule has 0 aromatic heterocycles. The summed E-state index contributed by atoms with van der Waals surface area (Å²) in [5.41, 5.74) is 2.01. The summed E-state index contributed by atoms with van der Waals surface area (Å²) in [4.78, 5) is 51.9. The van der Waals surface area contributed by atoms with Gasteiger partial charge in [0.05, 0.1) is 40.8 Å². The quantitative estimate of drug-likeness (QED) is 0.0768. The molecular weight excluding hydrogens is 578 g/mol. The molecule has 238 valence electrons. The topological polar surface area (TPSA) is 246 Å². The smallest absolute Gasteiger partial charge is 0.335 e. The number of rotatable bonds is 8. The summed E-state index contributed by atoms with van der Waals surface area (Å²) in [7, 11) is 5.99. The zero-order valence-corrected chi connectivity index (χ0v) is 25.4. The fourth-order valence-electron chi connectivity index (χ4n) is 5.22. The molecule has 2 unspecified atom stereocenters. The van der Waals surface area contributed by atoms with Gasteiger partial charge in [-0.3, -0.25) is 14.4 Å². The third kappa shape index (κ3) is 6.09. The molecule has 2 aliphatic rings. The van der Waals surface area contributed by atoms with Crippen LogP contribution in [0, 0.1) is 5.92 Å². The number of ketones is 1. The Bertz CT molecular complexity index is 1590. The van der Waals surface area contributed by atoms with Crippen molar-refractivity contribution in [2.24, 2.45) is 11.7 Å². The second-order valence-corrected chi connectivity index (χ2v) is 11.9. The Kier molecular flexibility index (Phi) is 9.17. The number of aromatic hydroxyl groups is 3. The van der Waals surface area contributed by atoms with Crippen LogP contribution in [0.2, 0.25) is 0 Å². The Morgan fingerprint density at radius 1 is 1.05 bits per heavy atom. The van der Waals surface area contributed by atoms with E-state index in [-0.39, 0.29) is 34.8 Å². The van der Waals surface area contributed by atoms with Crippen molar-refractivity contribution in [3.8, 4) is 17.2 Å². The lowest BCUT2D eigenvalue weighted by molar-refractivity contribution is -0.463. The van der Waals surface area contributed by atoms with Gasteiger partial charge in [0.1, 0.15) is 25.4 Å². The zero-order valence-electron chi connectivity index (χ0n) is 25.4. The number of nitrogens with zero attached hydrogens (tertiary/aromatic N) is 2. The Morgan fingerprint density at radius 2 is 1.64 bits per heavy atom. The average Bonchev–Trinajstić information content (AvgIpc) is 2.88. The van der Waals surface area contributed by atoms with Crippen molar-refractivity contribution in [1.29, 1.82) is 0 Å². The molecule has 2 atom stereocenters. The summed E-state index contributed by atoms with van der Waals surface area (Å²) in [6.45, 7) is 5.36. The monoisotopic (exact) mass is 616 g/mol. The number of carboxylic acid groups (broad SMARTS) is 1. The number of aliphatic hydroxyl groups excluding tert-OH is 2. The SMILES string of the molecule is CN(C)c1c(O)c(C(N)=O)c(O)c(O)c1CC1C(C(=O)O)=C(O)C2=C(C(=[N+](C)C)C=C(NC(=O)CNC(C)(C)C)C2=O)C1O. The van der Waals surface area contributed by atoms with E-state index in [1.54, 1.807) is 14.1 Å². The van der Waals surface area contributed by atoms with Gasteiger partial charge >= 0.3 is 5.97 Å². The summed E-state index contributed by atoms with van der Waals surface area (Å²) in [6, 6.07) is 0. The van der Waals surface area contributed by atoms with Crippen molar-refractivity contribution in [3.63, 3.8) is 0 Å². The molecule has 1 aromatic rings. The van der Waals surface area contributed by atoms with Gasteiger partial charge in [-0.15, -0.1) is 0 Å². The number of nitrogens with one attached hydrogen (secondary N) is 2. The number of aliphatic hydroxyl groups is 2. The van der Waals surface area contributed by atoms with E-state index in [2.05, 4.69) is 10.6 Å². The lowest BCUT2D eigenvalue weighted by atomic mass is 9.72. The number of primary amides is 1. The minimum atomic E-state index is -1.79. The molecule has 1 aromatic carbocycles. The van der Waals surface area contributed by atoms with Crippen molar-refractivity contribution in [1.82, 2.24) is 10.6 Å². The number of hydrogen-bond donors (Lipinski definition) is 9. The molecule has 0 bridgehead atoms. The molecule has 2 amide bonds. The highest BCUT2D eigenvalue weighted by atomic mass is 16.4. The van der Waals surface area contributed by atoms with Gasteiger partial charge in [-0.05, 0) is 27.2 Å². The molecule has 0 fully saturated rings. The lowest BCUT2D eigenvalue weighted by Gasteiger charge is -2.34. The maximum Gasteiger partial charge on any atom is 0.335 e. The maximum absolute atomic E-state index is 13.6. The second-order valence-electron chi connectivity index (χ2n) is 11.9. The number of anilines is 1. The second kappa shape index (κ2) is 12.0. The molecule has 0 saturated carbocycles. The summed E-state index contributed by atoms with van der Waals surface area (Å²) >= 11 is 0. The van der Waals surface area contributed by atoms with E-state index in [1.807, 2.05) is 20.8 Å². The first-order chi connectivity index (χ1) is 20.2. The molecule has 15 heteroatoms. The summed E-state index contributed by atoms with van der Waals surface area (Å²) in [5, 5.41) is 70.7. The normalized spacial score (nSPS) is 18.6. The van der Waals surface area contributed by atoms with Crippen LogP contribution in [0.15, 0.2) is 34.3 Å². The van der Waals surface area contributed by atoms with Gasteiger partial charge < -0.3 is 51.9 Å². The molecule has 0 saturated heterocycles. The molecule has 3 rings (SSSR count). The number of phenols is 3. The van der Waals surface area contributed by atoms with Crippen LogP contribution in [0.3, 0.4) is 0 Å². The number of amides is 2. The number of allylic oxidation sites excluding steroid dienone is 3. The van der Waals surface area contributed by atoms with Crippen LogP contribution in [-0.2, 0) is 20.8 Å². The average molecular weight is 617 g/mol. The number of aliphatic carboxylic acids is 1. The van der Waals surface area contributed by atoms with Gasteiger partial charge in [-0.1, -0.05) is 0 Å². The van der Waals surface area contributed by atoms with Crippen molar-refractivity contribution in [3.05, 3.63) is 45.4 Å². The number of benzene rings is 1. The van der Waals surface area contributed by atoms with Crippen LogP contribution in [-0.4, -0.2) is 111 Å². The molecule has 0 spiro atoms. The number of carboxylic acids is 1. The highest BCUT2D eigenvalue weighted by molar-refractivity contribution is 6.26. The van der Waals surface area contributed by atoms with Crippen LogP contribution in [0.25, 0.3) is 0 Å². The Hall–Kier alpha value is -4.89. The number of Topliss-reactive ketones (excluding diaryl/α,β-unsaturated/α-hetero) is 1. The van der Waals surface area contributed by atoms with E-state index in [1.165, 1.54) is 29.6 Å². The van der Waals surface area contributed by atoms with Gasteiger partial charge in [-0.2, -0.15) is 0 Å². The van der Waals surface area contributed by atoms with Gasteiger partial charge in [0.15, 0.2) is 17.2 Å². The van der Waals surface area contributed by atoms with Crippen LogP contribution in [0.4, 0.5) is 5.69 Å². The third-order valence-corrected chi connectivity index (χ3v) is 7.21. The standard InChI is InChI=1S/C29H37N5O10/c1-29(2,3)31-10-15(35)32-13-9-14(33(4)5)17-18(23(13)38)24(39)16(28(43)44)11(21(17)36)8-12-20(34(6)7)25(40)19(27(30)42)26(41)22(12)37/h9,11,21,31,36H,8,10H2,1-7H3,(H7,30,32,35,37,38,39,40,41,42,43,44)/p+1. The van der Waals surface area contributed by atoms with Crippen LogP contribution in [0.1, 0.15) is 36.7 Å². The van der Waals surface area contributed by atoms with Gasteiger partial charge in [0.2, 0.25) is 17.4 Å². The number of phenolic OH excluding ortho intramolecular Hbond substituents is 1. The van der Waals surface area contributed by atoms with Crippen molar-refractivity contribution in [2.45, 2.75) is 38.8 Å². The highest BCUT2D eigenvalue weighted by Gasteiger charge is 2.48. The Balaban J connectivity index is 2.20. The minimum Gasteiger partial charge on any atom is -0.507 e. The minimum absolute atomic E-state index is 0.147. The van der Waals surface area contributed by atoms with Gasteiger partial charge in [0.25, 0.3) is 5.91 Å². The zero-order chi connectivity index (χ0) is 33.6. The van der Waals surface area contributed by atoms with E-state index >= 15 is 0 Å². The highest BCUT2D eigenvalue weighted by Crippen LogP contribution is 2.49. The summed E-state index contributed by atoms with van der Waals surface area (Å²) < 4.78 is 1.49. The Morgan fingerprint density at radius 3 is 2.11 bits per heavy atom. The van der Waals surface area contributed by atoms with E-state index < -0.39 is 87.3 Å². The number of nitrogens with two attached hydrogens (primary N) is 1. The van der Waals surface area contributed by atoms with E-state index in [0.717, 1.165) is 0 Å². The fraction of sp³-hybridized carbons (Fsp3) is 0.414.